The van der Waals surface area contributed by atoms with Crippen molar-refractivity contribution >= 4 is 5.97 Å². The minimum Gasteiger partial charge on any atom is -0.460 e. The highest BCUT2D eigenvalue weighted by Gasteiger charge is 2.04. The molecule has 0 fully saturated rings. The van der Waals surface area contributed by atoms with E-state index in [1.54, 1.807) is 24.3 Å². The number of benzene rings is 1. The van der Waals surface area contributed by atoms with Crippen LogP contribution in [0.25, 0.3) is 0 Å². The van der Waals surface area contributed by atoms with Gasteiger partial charge in [-0.05, 0) is 18.6 Å². The Morgan fingerprint density at radius 1 is 1.13 bits per heavy atom. The second-order valence-corrected chi connectivity index (χ2v) is 2.97. The van der Waals surface area contributed by atoms with E-state index >= 15 is 0 Å². The van der Waals surface area contributed by atoms with Crippen LogP contribution in [0.2, 0.25) is 0 Å². The van der Waals surface area contributed by atoms with Gasteiger partial charge in [-0.1, -0.05) is 25.1 Å². The molecule has 0 heterocycles. The summed E-state index contributed by atoms with van der Waals surface area (Å²) in [4.78, 5) is 11.4. The second kappa shape index (κ2) is 7.01. The predicted octanol–water partition coefficient (Wildman–Crippen LogP) is 2.08. The Balaban J connectivity index is 2.20. The number of carbonyl (C=O) groups is 1. The lowest BCUT2D eigenvalue weighted by atomic mass is 10.2. The molecule has 0 N–H and O–H groups in total. The number of esters is 1. The Hall–Kier alpha value is -1.35. The fraction of sp³-hybridized carbons (Fsp3) is 0.333. The van der Waals surface area contributed by atoms with Crippen LogP contribution in [0.4, 0.5) is 0 Å². The van der Waals surface area contributed by atoms with Gasteiger partial charge < -0.3 is 9.47 Å². The van der Waals surface area contributed by atoms with Crippen LogP contribution in [0, 0.1) is 6.92 Å². The minimum atomic E-state index is -0.311. The molecule has 0 atom stereocenters. The van der Waals surface area contributed by atoms with Gasteiger partial charge in [0.05, 0.1) is 12.2 Å². The molecule has 1 aromatic rings. The highest BCUT2D eigenvalue weighted by atomic mass is 16.6. The van der Waals surface area contributed by atoms with Crippen molar-refractivity contribution in [1.29, 1.82) is 0 Å². The molecule has 0 saturated carbocycles. The summed E-state index contributed by atoms with van der Waals surface area (Å²) in [6.45, 7) is 4.94. The average Bonchev–Trinajstić information content (AvgIpc) is 2.30. The summed E-state index contributed by atoms with van der Waals surface area (Å²) >= 11 is 0. The van der Waals surface area contributed by atoms with Gasteiger partial charge in [0, 0.05) is 6.61 Å². The molecule has 1 rings (SSSR count). The van der Waals surface area contributed by atoms with Gasteiger partial charge in [0.2, 0.25) is 0 Å². The molecule has 0 aliphatic heterocycles. The van der Waals surface area contributed by atoms with Gasteiger partial charge in [-0.25, -0.2) is 4.79 Å². The SMILES string of the molecule is [CH2]CCOCCOC(=O)c1ccccc1. The molecule has 3 nitrogen and oxygen atoms in total. The van der Waals surface area contributed by atoms with E-state index in [0.29, 0.717) is 18.8 Å². The third-order valence-corrected chi connectivity index (χ3v) is 1.76. The van der Waals surface area contributed by atoms with Crippen molar-refractivity contribution in [2.45, 2.75) is 6.42 Å². The fourth-order valence-electron chi connectivity index (χ4n) is 1.05. The van der Waals surface area contributed by atoms with E-state index in [-0.39, 0.29) is 12.6 Å². The summed E-state index contributed by atoms with van der Waals surface area (Å²) in [5.74, 6) is -0.311. The molecule has 1 aromatic carbocycles. The Bertz CT molecular complexity index is 282. The van der Waals surface area contributed by atoms with Crippen molar-refractivity contribution in [2.24, 2.45) is 0 Å². The zero-order valence-corrected chi connectivity index (χ0v) is 8.65. The Morgan fingerprint density at radius 3 is 2.53 bits per heavy atom. The van der Waals surface area contributed by atoms with Gasteiger partial charge in [-0.3, -0.25) is 0 Å². The first-order valence-corrected chi connectivity index (χ1v) is 4.93. The molecule has 0 saturated heterocycles. The molecule has 0 spiro atoms. The van der Waals surface area contributed by atoms with Crippen LogP contribution < -0.4 is 0 Å². The van der Waals surface area contributed by atoms with Gasteiger partial charge >= 0.3 is 5.97 Å². The molecule has 0 amide bonds. The number of carbonyl (C=O) groups excluding carboxylic acids is 1. The highest BCUT2D eigenvalue weighted by Crippen LogP contribution is 2.00. The maximum absolute atomic E-state index is 11.4. The molecule has 0 aromatic heterocycles. The van der Waals surface area contributed by atoms with Gasteiger partial charge in [0.25, 0.3) is 0 Å². The number of ether oxygens (including phenoxy) is 2. The maximum Gasteiger partial charge on any atom is 0.338 e. The topological polar surface area (TPSA) is 35.5 Å². The molecule has 0 unspecified atom stereocenters. The molecule has 81 valence electrons. The van der Waals surface area contributed by atoms with Gasteiger partial charge in [0.1, 0.15) is 6.61 Å². The van der Waals surface area contributed by atoms with Crippen LogP contribution in [-0.4, -0.2) is 25.8 Å². The van der Waals surface area contributed by atoms with Crippen LogP contribution in [0.15, 0.2) is 30.3 Å². The zero-order chi connectivity index (χ0) is 10.9. The summed E-state index contributed by atoms with van der Waals surface area (Å²) in [7, 11) is 0. The molecule has 15 heavy (non-hydrogen) atoms. The Labute approximate surface area is 90.0 Å². The van der Waals surface area contributed by atoms with Crippen LogP contribution >= 0.6 is 0 Å². The van der Waals surface area contributed by atoms with Crippen molar-refractivity contribution in [1.82, 2.24) is 0 Å². The molecule has 3 heteroatoms. The summed E-state index contributed by atoms with van der Waals surface area (Å²) in [5.41, 5.74) is 0.564. The van der Waals surface area contributed by atoms with Crippen LogP contribution in [0.5, 0.6) is 0 Å². The minimum absolute atomic E-state index is 0.285. The van der Waals surface area contributed by atoms with E-state index in [4.69, 9.17) is 9.47 Å². The molecule has 0 aliphatic rings. The lowest BCUT2D eigenvalue weighted by molar-refractivity contribution is 0.0323. The summed E-state index contributed by atoms with van der Waals surface area (Å²) in [5, 5.41) is 0. The van der Waals surface area contributed by atoms with Gasteiger partial charge in [-0.15, -0.1) is 0 Å². The summed E-state index contributed by atoms with van der Waals surface area (Å²) < 4.78 is 10.1. The first-order chi connectivity index (χ1) is 7.34. The molecule has 1 radical (unpaired) electrons. The lowest BCUT2D eigenvalue weighted by Gasteiger charge is -2.04. The highest BCUT2D eigenvalue weighted by molar-refractivity contribution is 5.89. The van der Waals surface area contributed by atoms with E-state index in [1.807, 2.05) is 6.07 Å². The number of hydrogen-bond acceptors (Lipinski definition) is 3. The monoisotopic (exact) mass is 207 g/mol. The molecular weight excluding hydrogens is 192 g/mol. The maximum atomic E-state index is 11.4. The molecular formula is C12H15O3. The van der Waals surface area contributed by atoms with Crippen molar-refractivity contribution < 1.29 is 14.3 Å². The van der Waals surface area contributed by atoms with E-state index in [1.165, 1.54) is 0 Å². The largest absolute Gasteiger partial charge is 0.460 e. The average molecular weight is 207 g/mol. The second-order valence-electron chi connectivity index (χ2n) is 2.97. The van der Waals surface area contributed by atoms with Crippen LogP contribution in [0.3, 0.4) is 0 Å². The van der Waals surface area contributed by atoms with Crippen LogP contribution in [-0.2, 0) is 9.47 Å². The van der Waals surface area contributed by atoms with Crippen molar-refractivity contribution in [3.8, 4) is 0 Å². The molecule has 0 bridgehead atoms. The third kappa shape index (κ3) is 4.61. The fourth-order valence-corrected chi connectivity index (χ4v) is 1.05. The smallest absolute Gasteiger partial charge is 0.338 e. The van der Waals surface area contributed by atoms with Gasteiger partial charge in [-0.2, -0.15) is 0 Å². The van der Waals surface area contributed by atoms with E-state index in [9.17, 15) is 4.79 Å². The van der Waals surface area contributed by atoms with Crippen LogP contribution in [0.1, 0.15) is 16.8 Å². The zero-order valence-electron chi connectivity index (χ0n) is 8.65. The third-order valence-electron chi connectivity index (χ3n) is 1.76. The first-order valence-electron chi connectivity index (χ1n) is 4.93. The van der Waals surface area contributed by atoms with Gasteiger partial charge in [0.15, 0.2) is 0 Å². The normalized spacial score (nSPS) is 9.93. The summed E-state index contributed by atoms with van der Waals surface area (Å²) in [6, 6.07) is 8.90. The van der Waals surface area contributed by atoms with E-state index in [2.05, 4.69) is 6.92 Å². The van der Waals surface area contributed by atoms with E-state index < -0.39 is 0 Å². The predicted molar refractivity (Wildman–Crippen MR) is 57.5 cm³/mol. The Morgan fingerprint density at radius 2 is 1.87 bits per heavy atom. The quantitative estimate of drug-likeness (QED) is 0.529. The Kier molecular flexibility index (Phi) is 5.48. The van der Waals surface area contributed by atoms with Crippen molar-refractivity contribution in [3.05, 3.63) is 42.8 Å². The van der Waals surface area contributed by atoms with E-state index in [0.717, 1.165) is 6.42 Å². The summed E-state index contributed by atoms with van der Waals surface area (Å²) in [6.07, 6.45) is 0.729. The number of rotatable bonds is 6. The lowest BCUT2D eigenvalue weighted by Crippen LogP contribution is -2.11. The molecule has 0 aliphatic carbocycles. The van der Waals surface area contributed by atoms with Crippen molar-refractivity contribution in [2.75, 3.05) is 19.8 Å². The standard InChI is InChI=1S/C12H15O3/c1-2-8-14-9-10-15-12(13)11-6-4-3-5-7-11/h3-7H,1-2,8-10H2. The first kappa shape index (κ1) is 11.7. The number of hydrogen-bond donors (Lipinski definition) is 0. The van der Waals surface area contributed by atoms with Crippen molar-refractivity contribution in [3.63, 3.8) is 0 Å².